The monoisotopic (exact) mass is 395 g/mol. The lowest BCUT2D eigenvalue weighted by Crippen LogP contribution is -2.32. The van der Waals surface area contributed by atoms with Crippen LogP contribution in [0.15, 0.2) is 65.2 Å². The normalized spacial score (nSPS) is 16.4. The molecule has 6 nitrogen and oxygen atoms in total. The Bertz CT molecular complexity index is 986. The number of hydrogen-bond donors (Lipinski definition) is 1. The fraction of sp³-hybridized carbons (Fsp3) is 0.190. The van der Waals surface area contributed by atoms with Crippen molar-refractivity contribution in [1.82, 2.24) is 10.5 Å². The van der Waals surface area contributed by atoms with Gasteiger partial charge in [-0.2, -0.15) is 0 Å². The molecule has 1 aromatic heterocycles. The maximum Gasteiger partial charge on any atom is 0.227 e. The van der Waals surface area contributed by atoms with Crippen LogP contribution in [0.2, 0.25) is 5.02 Å². The van der Waals surface area contributed by atoms with Gasteiger partial charge in [-0.25, -0.2) is 0 Å². The molecule has 2 aromatic carbocycles. The fourth-order valence-electron chi connectivity index (χ4n) is 3.21. The SMILES string of the molecule is O=C(NCc1cc(-c2ccccc2)on1)C1CC(=O)N(c2ccc(Cl)cc2)C1. The molecule has 2 heterocycles. The molecule has 4 rings (SSSR count). The van der Waals surface area contributed by atoms with E-state index in [0.717, 1.165) is 11.3 Å². The number of benzene rings is 2. The van der Waals surface area contributed by atoms with Crippen LogP contribution in [0.3, 0.4) is 0 Å². The Morgan fingerprint density at radius 2 is 1.93 bits per heavy atom. The van der Waals surface area contributed by atoms with Crippen molar-refractivity contribution in [2.24, 2.45) is 5.92 Å². The highest BCUT2D eigenvalue weighted by Gasteiger charge is 2.35. The molecule has 2 amide bonds. The van der Waals surface area contributed by atoms with Crippen LogP contribution in [0.1, 0.15) is 12.1 Å². The largest absolute Gasteiger partial charge is 0.356 e. The lowest BCUT2D eigenvalue weighted by molar-refractivity contribution is -0.126. The van der Waals surface area contributed by atoms with Gasteiger partial charge in [0, 0.05) is 35.3 Å². The third kappa shape index (κ3) is 3.92. The number of nitrogens with one attached hydrogen (secondary N) is 1. The molecule has 0 bridgehead atoms. The highest BCUT2D eigenvalue weighted by Crippen LogP contribution is 2.26. The van der Waals surface area contributed by atoms with Gasteiger partial charge in [-0.3, -0.25) is 9.59 Å². The first-order valence-electron chi connectivity index (χ1n) is 8.95. The maximum atomic E-state index is 12.5. The van der Waals surface area contributed by atoms with E-state index in [-0.39, 0.29) is 24.8 Å². The summed E-state index contributed by atoms with van der Waals surface area (Å²) < 4.78 is 5.34. The number of aromatic nitrogens is 1. The van der Waals surface area contributed by atoms with Crippen LogP contribution in [-0.4, -0.2) is 23.5 Å². The van der Waals surface area contributed by atoms with Crippen molar-refractivity contribution in [1.29, 1.82) is 0 Å². The summed E-state index contributed by atoms with van der Waals surface area (Å²) >= 11 is 5.89. The standard InChI is InChI=1S/C21H18ClN3O3/c22-16-6-8-18(9-7-16)25-13-15(10-20(25)26)21(27)23-12-17-11-19(28-24-17)14-4-2-1-3-5-14/h1-9,11,15H,10,12-13H2,(H,23,27). The van der Waals surface area contributed by atoms with Crippen molar-refractivity contribution in [3.05, 3.63) is 71.4 Å². The van der Waals surface area contributed by atoms with Gasteiger partial charge in [0.25, 0.3) is 0 Å². The molecule has 1 N–H and O–H groups in total. The average molecular weight is 396 g/mol. The average Bonchev–Trinajstić information content (AvgIpc) is 3.34. The molecule has 3 aromatic rings. The number of rotatable bonds is 5. The number of nitrogens with zero attached hydrogens (tertiary/aromatic N) is 2. The second-order valence-electron chi connectivity index (χ2n) is 6.65. The van der Waals surface area contributed by atoms with E-state index < -0.39 is 5.92 Å². The third-order valence-corrected chi connectivity index (χ3v) is 4.95. The molecule has 0 radical (unpaired) electrons. The lowest BCUT2D eigenvalue weighted by atomic mass is 10.1. The predicted octanol–water partition coefficient (Wildman–Crippen LogP) is 3.66. The molecule has 0 spiro atoms. The summed E-state index contributed by atoms with van der Waals surface area (Å²) in [7, 11) is 0. The van der Waals surface area contributed by atoms with Crippen molar-refractivity contribution < 1.29 is 14.1 Å². The summed E-state index contributed by atoms with van der Waals surface area (Å²) in [6, 6.07) is 18.4. The summed E-state index contributed by atoms with van der Waals surface area (Å²) in [5.74, 6) is 0.00262. The van der Waals surface area contributed by atoms with E-state index in [9.17, 15) is 9.59 Å². The zero-order chi connectivity index (χ0) is 19.5. The molecule has 1 aliphatic rings. The van der Waals surface area contributed by atoms with E-state index in [4.69, 9.17) is 16.1 Å². The van der Waals surface area contributed by atoms with Gasteiger partial charge in [-0.15, -0.1) is 0 Å². The number of carbonyl (C=O) groups is 2. The van der Waals surface area contributed by atoms with E-state index in [2.05, 4.69) is 10.5 Å². The van der Waals surface area contributed by atoms with Gasteiger partial charge < -0.3 is 14.7 Å². The number of hydrogen-bond acceptors (Lipinski definition) is 4. The zero-order valence-corrected chi connectivity index (χ0v) is 15.7. The minimum Gasteiger partial charge on any atom is -0.356 e. The van der Waals surface area contributed by atoms with Gasteiger partial charge in [0.15, 0.2) is 5.76 Å². The summed E-state index contributed by atoms with van der Waals surface area (Å²) in [5.41, 5.74) is 2.30. The number of anilines is 1. The Kier molecular flexibility index (Phi) is 5.12. The number of amides is 2. The van der Waals surface area contributed by atoms with Gasteiger partial charge in [-0.1, -0.05) is 47.1 Å². The molecule has 7 heteroatoms. The lowest BCUT2D eigenvalue weighted by Gasteiger charge is -2.16. The van der Waals surface area contributed by atoms with Crippen LogP contribution < -0.4 is 10.2 Å². The maximum absolute atomic E-state index is 12.5. The van der Waals surface area contributed by atoms with Crippen molar-refractivity contribution in [2.45, 2.75) is 13.0 Å². The van der Waals surface area contributed by atoms with Crippen LogP contribution >= 0.6 is 11.6 Å². The summed E-state index contributed by atoms with van der Waals surface area (Å²) in [6.07, 6.45) is 0.183. The highest BCUT2D eigenvalue weighted by molar-refractivity contribution is 6.30. The van der Waals surface area contributed by atoms with Crippen LogP contribution in [0, 0.1) is 5.92 Å². The molecule has 1 atom stereocenters. The Balaban J connectivity index is 1.35. The summed E-state index contributed by atoms with van der Waals surface area (Å²) in [4.78, 5) is 26.4. The summed E-state index contributed by atoms with van der Waals surface area (Å²) in [5, 5.41) is 7.45. The number of halogens is 1. The first-order valence-corrected chi connectivity index (χ1v) is 9.32. The van der Waals surface area contributed by atoms with Crippen molar-refractivity contribution >= 4 is 29.1 Å². The van der Waals surface area contributed by atoms with Gasteiger partial charge in [-0.05, 0) is 24.3 Å². The molecule has 28 heavy (non-hydrogen) atoms. The Hall–Kier alpha value is -3.12. The first kappa shape index (κ1) is 18.3. The molecule has 1 aliphatic heterocycles. The predicted molar refractivity (Wildman–Crippen MR) is 106 cm³/mol. The molecule has 142 valence electrons. The molecular weight excluding hydrogens is 378 g/mol. The number of carbonyl (C=O) groups excluding carboxylic acids is 2. The third-order valence-electron chi connectivity index (χ3n) is 4.70. The van der Waals surface area contributed by atoms with Gasteiger partial charge in [0.05, 0.1) is 12.5 Å². The van der Waals surface area contributed by atoms with Crippen molar-refractivity contribution in [2.75, 3.05) is 11.4 Å². The van der Waals surface area contributed by atoms with E-state index in [0.29, 0.717) is 23.0 Å². The molecular formula is C21H18ClN3O3. The molecule has 1 saturated heterocycles. The Morgan fingerprint density at radius 1 is 1.18 bits per heavy atom. The van der Waals surface area contributed by atoms with Crippen LogP contribution in [0.25, 0.3) is 11.3 Å². The smallest absolute Gasteiger partial charge is 0.227 e. The van der Waals surface area contributed by atoms with E-state index >= 15 is 0 Å². The molecule has 1 fully saturated rings. The second kappa shape index (κ2) is 7.86. The van der Waals surface area contributed by atoms with Crippen molar-refractivity contribution in [3.8, 4) is 11.3 Å². The Labute approximate surface area is 167 Å². The van der Waals surface area contributed by atoms with Crippen LogP contribution in [0.5, 0.6) is 0 Å². The van der Waals surface area contributed by atoms with Gasteiger partial charge in [0.2, 0.25) is 11.8 Å². The van der Waals surface area contributed by atoms with E-state index in [1.165, 1.54) is 0 Å². The molecule has 0 aliphatic carbocycles. The summed E-state index contributed by atoms with van der Waals surface area (Å²) in [6.45, 7) is 0.598. The quantitative estimate of drug-likeness (QED) is 0.715. The van der Waals surface area contributed by atoms with Gasteiger partial charge >= 0.3 is 0 Å². The zero-order valence-electron chi connectivity index (χ0n) is 15.0. The van der Waals surface area contributed by atoms with E-state index in [1.807, 2.05) is 30.3 Å². The topological polar surface area (TPSA) is 75.4 Å². The Morgan fingerprint density at radius 3 is 2.68 bits per heavy atom. The molecule has 0 saturated carbocycles. The van der Waals surface area contributed by atoms with E-state index in [1.54, 1.807) is 35.2 Å². The minimum atomic E-state index is -0.399. The second-order valence-corrected chi connectivity index (χ2v) is 7.08. The minimum absolute atomic E-state index is 0.0738. The highest BCUT2D eigenvalue weighted by atomic mass is 35.5. The molecule has 1 unspecified atom stereocenters. The first-order chi connectivity index (χ1) is 13.6. The van der Waals surface area contributed by atoms with Gasteiger partial charge in [0.1, 0.15) is 5.69 Å². The fourth-order valence-corrected chi connectivity index (χ4v) is 3.34. The van der Waals surface area contributed by atoms with Crippen molar-refractivity contribution in [3.63, 3.8) is 0 Å². The van der Waals surface area contributed by atoms with Crippen LogP contribution in [0.4, 0.5) is 5.69 Å². The van der Waals surface area contributed by atoms with Crippen LogP contribution in [-0.2, 0) is 16.1 Å².